The van der Waals surface area contributed by atoms with Gasteiger partial charge in [-0.2, -0.15) is 0 Å². The Kier molecular flexibility index (Phi) is 2.79. The predicted octanol–water partition coefficient (Wildman–Crippen LogP) is 3.66. The summed E-state index contributed by atoms with van der Waals surface area (Å²) in [6, 6.07) is 5.59. The highest BCUT2D eigenvalue weighted by atomic mass is 19.1. The van der Waals surface area contributed by atoms with Crippen molar-refractivity contribution in [3.63, 3.8) is 0 Å². The molecule has 0 saturated carbocycles. The molecule has 2 aromatic carbocycles. The quantitative estimate of drug-likeness (QED) is 0.752. The van der Waals surface area contributed by atoms with E-state index >= 15 is 0 Å². The fraction of sp³-hybridized carbons (Fsp3) is 0.0769. The van der Waals surface area contributed by atoms with Crippen LogP contribution in [0.2, 0.25) is 0 Å². The van der Waals surface area contributed by atoms with Gasteiger partial charge in [-0.3, -0.25) is 0 Å². The number of nitrogens with two attached hydrogens (primary N) is 1. The van der Waals surface area contributed by atoms with Crippen molar-refractivity contribution in [2.45, 2.75) is 6.92 Å². The van der Waals surface area contributed by atoms with Gasteiger partial charge in [0.05, 0.1) is 0 Å². The zero-order valence-electron chi connectivity index (χ0n) is 9.10. The van der Waals surface area contributed by atoms with Gasteiger partial charge in [-0.1, -0.05) is 0 Å². The minimum Gasteiger partial charge on any atom is -0.398 e. The monoisotopic (exact) mass is 237 g/mol. The lowest BCUT2D eigenvalue weighted by Gasteiger charge is -2.08. The van der Waals surface area contributed by atoms with E-state index in [1.807, 2.05) is 0 Å². The number of nitrogen functional groups attached to an aromatic ring is 1. The second kappa shape index (κ2) is 4.13. The smallest absolute Gasteiger partial charge is 0.134 e. The van der Waals surface area contributed by atoms with Crippen molar-refractivity contribution < 1.29 is 13.2 Å². The lowest BCUT2D eigenvalue weighted by molar-refractivity contribution is 0.582. The Labute approximate surface area is 96.7 Å². The third-order valence-corrected chi connectivity index (χ3v) is 2.58. The Hall–Kier alpha value is -1.97. The van der Waals surface area contributed by atoms with Crippen molar-refractivity contribution in [3.05, 3.63) is 53.3 Å². The van der Waals surface area contributed by atoms with Gasteiger partial charge in [0.25, 0.3) is 0 Å². The van der Waals surface area contributed by atoms with Crippen LogP contribution in [0.4, 0.5) is 18.9 Å². The molecule has 0 unspecified atom stereocenters. The SMILES string of the molecule is Cc1cc(-c2ccc(F)cc2F)c(F)cc1N. The predicted molar refractivity (Wildman–Crippen MR) is 60.9 cm³/mol. The summed E-state index contributed by atoms with van der Waals surface area (Å²) >= 11 is 0. The molecule has 4 heteroatoms. The molecule has 17 heavy (non-hydrogen) atoms. The van der Waals surface area contributed by atoms with Crippen LogP contribution in [-0.2, 0) is 0 Å². The molecule has 0 aromatic heterocycles. The molecule has 0 atom stereocenters. The number of hydrogen-bond donors (Lipinski definition) is 1. The van der Waals surface area contributed by atoms with Gasteiger partial charge >= 0.3 is 0 Å². The van der Waals surface area contributed by atoms with E-state index in [0.29, 0.717) is 11.3 Å². The van der Waals surface area contributed by atoms with Gasteiger partial charge in [0, 0.05) is 22.9 Å². The second-order valence-corrected chi connectivity index (χ2v) is 3.81. The first-order valence-corrected chi connectivity index (χ1v) is 5.00. The number of aryl methyl sites for hydroxylation is 1. The van der Waals surface area contributed by atoms with Crippen LogP contribution in [0.1, 0.15) is 5.56 Å². The standard InChI is InChI=1S/C13H10F3N/c1-7-4-10(12(16)6-13(7)17)9-3-2-8(14)5-11(9)15/h2-6H,17H2,1H3. The molecule has 0 amide bonds. The zero-order chi connectivity index (χ0) is 12.6. The molecular formula is C13H10F3N. The van der Waals surface area contributed by atoms with Crippen LogP contribution >= 0.6 is 0 Å². The van der Waals surface area contributed by atoms with E-state index in [-0.39, 0.29) is 11.1 Å². The number of halogens is 3. The van der Waals surface area contributed by atoms with Crippen molar-refractivity contribution in [1.82, 2.24) is 0 Å². The van der Waals surface area contributed by atoms with Crippen molar-refractivity contribution in [1.29, 1.82) is 0 Å². The Morgan fingerprint density at radius 1 is 0.882 bits per heavy atom. The van der Waals surface area contributed by atoms with E-state index in [1.54, 1.807) is 6.92 Å². The molecule has 88 valence electrons. The summed E-state index contributed by atoms with van der Waals surface area (Å²) in [6.07, 6.45) is 0. The van der Waals surface area contributed by atoms with Gasteiger partial charge in [-0.15, -0.1) is 0 Å². The number of benzene rings is 2. The van der Waals surface area contributed by atoms with Gasteiger partial charge in [0.15, 0.2) is 0 Å². The third-order valence-electron chi connectivity index (χ3n) is 2.58. The summed E-state index contributed by atoms with van der Waals surface area (Å²) < 4.78 is 39.9. The number of hydrogen-bond acceptors (Lipinski definition) is 1. The molecule has 2 N–H and O–H groups in total. The summed E-state index contributed by atoms with van der Waals surface area (Å²) in [5.74, 6) is -2.12. The first-order chi connectivity index (χ1) is 7.99. The minimum atomic E-state index is -0.798. The van der Waals surface area contributed by atoms with Crippen molar-refractivity contribution in [2.75, 3.05) is 5.73 Å². The van der Waals surface area contributed by atoms with Crippen LogP contribution in [0.15, 0.2) is 30.3 Å². The van der Waals surface area contributed by atoms with Crippen LogP contribution in [0.3, 0.4) is 0 Å². The van der Waals surface area contributed by atoms with Crippen molar-refractivity contribution in [2.24, 2.45) is 0 Å². The molecule has 2 rings (SSSR count). The lowest BCUT2D eigenvalue weighted by Crippen LogP contribution is -1.95. The molecule has 0 aliphatic heterocycles. The van der Waals surface area contributed by atoms with Crippen LogP contribution in [-0.4, -0.2) is 0 Å². The van der Waals surface area contributed by atoms with Crippen LogP contribution in [0.5, 0.6) is 0 Å². The molecule has 1 nitrogen and oxygen atoms in total. The van der Waals surface area contributed by atoms with E-state index in [1.165, 1.54) is 12.1 Å². The fourth-order valence-corrected chi connectivity index (χ4v) is 1.61. The van der Waals surface area contributed by atoms with Crippen molar-refractivity contribution >= 4 is 5.69 Å². The summed E-state index contributed by atoms with van der Waals surface area (Å²) in [5.41, 5.74) is 6.58. The average molecular weight is 237 g/mol. The Morgan fingerprint density at radius 3 is 2.18 bits per heavy atom. The first-order valence-electron chi connectivity index (χ1n) is 5.00. The Morgan fingerprint density at radius 2 is 1.53 bits per heavy atom. The zero-order valence-corrected chi connectivity index (χ0v) is 9.10. The minimum absolute atomic E-state index is 0.0204. The molecule has 0 fully saturated rings. The summed E-state index contributed by atoms with van der Waals surface area (Å²) in [7, 11) is 0. The number of rotatable bonds is 1. The highest BCUT2D eigenvalue weighted by molar-refractivity contribution is 5.69. The summed E-state index contributed by atoms with van der Waals surface area (Å²) in [6.45, 7) is 1.69. The highest BCUT2D eigenvalue weighted by Gasteiger charge is 2.12. The van der Waals surface area contributed by atoms with E-state index in [0.717, 1.165) is 18.2 Å². The first kappa shape index (κ1) is 11.5. The molecule has 0 bridgehead atoms. The van der Waals surface area contributed by atoms with Gasteiger partial charge in [-0.25, -0.2) is 13.2 Å². The lowest BCUT2D eigenvalue weighted by atomic mass is 10.0. The molecule has 0 spiro atoms. The maximum atomic E-state index is 13.7. The van der Waals surface area contributed by atoms with Crippen molar-refractivity contribution in [3.8, 4) is 11.1 Å². The second-order valence-electron chi connectivity index (χ2n) is 3.81. The molecule has 0 radical (unpaired) electrons. The van der Waals surface area contributed by atoms with E-state index in [4.69, 9.17) is 5.73 Å². The van der Waals surface area contributed by atoms with Gasteiger partial charge in [0.2, 0.25) is 0 Å². The van der Waals surface area contributed by atoms with E-state index in [9.17, 15) is 13.2 Å². The third kappa shape index (κ3) is 2.11. The van der Waals surface area contributed by atoms with E-state index < -0.39 is 17.5 Å². The van der Waals surface area contributed by atoms with E-state index in [2.05, 4.69) is 0 Å². The number of anilines is 1. The fourth-order valence-electron chi connectivity index (χ4n) is 1.61. The van der Waals surface area contributed by atoms with Gasteiger partial charge in [0.1, 0.15) is 17.5 Å². The molecular weight excluding hydrogens is 227 g/mol. The molecule has 0 aliphatic carbocycles. The maximum Gasteiger partial charge on any atom is 0.134 e. The molecule has 0 heterocycles. The van der Waals surface area contributed by atoms with Crippen LogP contribution in [0, 0.1) is 24.4 Å². The topological polar surface area (TPSA) is 26.0 Å². The highest BCUT2D eigenvalue weighted by Crippen LogP contribution is 2.29. The summed E-state index contributed by atoms with van der Waals surface area (Å²) in [5, 5.41) is 0. The normalized spacial score (nSPS) is 10.6. The maximum absolute atomic E-state index is 13.7. The van der Waals surface area contributed by atoms with Crippen LogP contribution in [0.25, 0.3) is 11.1 Å². The molecule has 0 saturated heterocycles. The van der Waals surface area contributed by atoms with Crippen LogP contribution < -0.4 is 5.73 Å². The average Bonchev–Trinajstić information content (AvgIpc) is 2.24. The largest absolute Gasteiger partial charge is 0.398 e. The molecule has 0 aliphatic rings. The van der Waals surface area contributed by atoms with Gasteiger partial charge < -0.3 is 5.73 Å². The Balaban J connectivity index is 2.64. The van der Waals surface area contributed by atoms with Gasteiger partial charge in [-0.05, 0) is 36.8 Å². The summed E-state index contributed by atoms with van der Waals surface area (Å²) in [4.78, 5) is 0. The Bertz CT molecular complexity index is 579. The molecule has 2 aromatic rings.